The maximum absolute atomic E-state index is 4.38. The molecule has 1 aromatic carbocycles. The van der Waals surface area contributed by atoms with Crippen LogP contribution in [0.5, 0.6) is 0 Å². The first-order valence-electron chi connectivity index (χ1n) is 7.00. The third-order valence-electron chi connectivity index (χ3n) is 4.23. The maximum atomic E-state index is 4.38. The van der Waals surface area contributed by atoms with Gasteiger partial charge in [-0.25, -0.2) is 0 Å². The van der Waals surface area contributed by atoms with E-state index in [0.717, 1.165) is 5.52 Å². The Hall–Kier alpha value is -1.61. The lowest BCUT2D eigenvalue weighted by molar-refractivity contribution is 0.253. The van der Waals surface area contributed by atoms with Crippen LogP contribution >= 0.6 is 0 Å². The number of pyridine rings is 1. The molecule has 0 atom stereocenters. The van der Waals surface area contributed by atoms with Crippen molar-refractivity contribution in [2.24, 2.45) is 0 Å². The van der Waals surface area contributed by atoms with Gasteiger partial charge in [-0.3, -0.25) is 4.98 Å². The van der Waals surface area contributed by atoms with Gasteiger partial charge in [0.05, 0.1) is 5.52 Å². The van der Waals surface area contributed by atoms with E-state index in [1.54, 1.807) is 0 Å². The zero-order valence-corrected chi connectivity index (χ0v) is 11.7. The Morgan fingerprint density at radius 2 is 2.00 bits per heavy atom. The highest BCUT2D eigenvalue weighted by Crippen LogP contribution is 2.24. The molecule has 0 radical (unpaired) electrons. The minimum Gasteiger partial charge on any atom is -0.371 e. The minimum absolute atomic E-state index is 0.658. The Kier molecular flexibility index (Phi) is 3.38. The van der Waals surface area contributed by atoms with Crippen molar-refractivity contribution < 1.29 is 0 Å². The number of piperidine rings is 1. The van der Waals surface area contributed by atoms with Crippen LogP contribution in [-0.4, -0.2) is 43.1 Å². The van der Waals surface area contributed by atoms with Crippen molar-refractivity contribution in [1.82, 2.24) is 9.88 Å². The number of aromatic nitrogens is 1. The second kappa shape index (κ2) is 5.17. The summed E-state index contributed by atoms with van der Waals surface area (Å²) in [6, 6.07) is 11.4. The number of hydrogen-bond acceptors (Lipinski definition) is 3. The summed E-state index contributed by atoms with van der Waals surface area (Å²) >= 11 is 0. The largest absolute Gasteiger partial charge is 0.371 e. The second-order valence-electron chi connectivity index (χ2n) is 5.53. The van der Waals surface area contributed by atoms with Crippen molar-refractivity contribution in [3.63, 3.8) is 0 Å². The van der Waals surface area contributed by atoms with E-state index in [9.17, 15) is 0 Å². The van der Waals surface area contributed by atoms with Crippen LogP contribution < -0.4 is 4.90 Å². The van der Waals surface area contributed by atoms with Gasteiger partial charge in [-0.15, -0.1) is 0 Å². The third-order valence-corrected chi connectivity index (χ3v) is 4.23. The number of rotatable bonds is 2. The fourth-order valence-corrected chi connectivity index (χ4v) is 2.88. The quantitative estimate of drug-likeness (QED) is 0.822. The highest BCUT2D eigenvalue weighted by Gasteiger charge is 2.20. The normalized spacial score (nSPS) is 17.8. The lowest BCUT2D eigenvalue weighted by Crippen LogP contribution is -2.41. The Labute approximate surface area is 114 Å². The molecule has 0 unspecified atom stereocenters. The maximum Gasteiger partial charge on any atom is 0.0703 e. The molecule has 1 aliphatic rings. The number of nitrogens with zero attached hydrogens (tertiary/aromatic N) is 3. The van der Waals surface area contributed by atoms with Gasteiger partial charge in [-0.05, 0) is 57.2 Å². The molecule has 1 fully saturated rings. The fourth-order valence-electron chi connectivity index (χ4n) is 2.88. The van der Waals surface area contributed by atoms with Gasteiger partial charge in [0.25, 0.3) is 0 Å². The number of benzene rings is 1. The summed E-state index contributed by atoms with van der Waals surface area (Å²) in [7, 11) is 4.42. The Balaban J connectivity index is 1.83. The molecule has 0 bridgehead atoms. The van der Waals surface area contributed by atoms with Crippen molar-refractivity contribution in [3.8, 4) is 0 Å². The summed E-state index contributed by atoms with van der Waals surface area (Å²) in [4.78, 5) is 9.22. The van der Waals surface area contributed by atoms with Crippen LogP contribution in [0.1, 0.15) is 12.8 Å². The molecular formula is C16H21N3. The number of fused-ring (bicyclic) bond motifs is 1. The molecule has 0 amide bonds. The summed E-state index contributed by atoms with van der Waals surface area (Å²) in [5.41, 5.74) is 2.37. The molecule has 3 heteroatoms. The van der Waals surface area contributed by atoms with Crippen LogP contribution in [0.25, 0.3) is 10.9 Å². The average molecular weight is 255 g/mol. The summed E-state index contributed by atoms with van der Waals surface area (Å²) in [5.74, 6) is 0. The smallest absolute Gasteiger partial charge is 0.0703 e. The number of likely N-dealkylation sites (tertiary alicyclic amines) is 1. The molecule has 0 aliphatic carbocycles. The van der Waals surface area contributed by atoms with Crippen molar-refractivity contribution in [3.05, 3.63) is 36.5 Å². The van der Waals surface area contributed by atoms with Crippen LogP contribution in [-0.2, 0) is 0 Å². The molecule has 0 spiro atoms. The van der Waals surface area contributed by atoms with Crippen molar-refractivity contribution in [1.29, 1.82) is 0 Å². The van der Waals surface area contributed by atoms with Crippen LogP contribution in [0.4, 0.5) is 5.69 Å². The molecule has 0 saturated carbocycles. The lowest BCUT2D eigenvalue weighted by Gasteiger charge is -2.36. The van der Waals surface area contributed by atoms with Gasteiger partial charge in [0.1, 0.15) is 0 Å². The summed E-state index contributed by atoms with van der Waals surface area (Å²) in [6.07, 6.45) is 4.35. The van der Waals surface area contributed by atoms with Crippen LogP contribution in [0.15, 0.2) is 36.5 Å². The van der Waals surface area contributed by atoms with E-state index in [1.807, 2.05) is 12.3 Å². The van der Waals surface area contributed by atoms with E-state index in [2.05, 4.69) is 53.1 Å². The zero-order valence-electron chi connectivity index (χ0n) is 11.7. The highest BCUT2D eigenvalue weighted by molar-refractivity contribution is 5.82. The molecule has 3 rings (SSSR count). The Bertz CT molecular complexity index is 559. The van der Waals surface area contributed by atoms with E-state index in [4.69, 9.17) is 0 Å². The van der Waals surface area contributed by atoms with E-state index in [0.29, 0.717) is 6.04 Å². The molecule has 1 aromatic heterocycles. The van der Waals surface area contributed by atoms with Crippen molar-refractivity contribution in [2.45, 2.75) is 18.9 Å². The van der Waals surface area contributed by atoms with Gasteiger partial charge in [0, 0.05) is 30.4 Å². The van der Waals surface area contributed by atoms with E-state index >= 15 is 0 Å². The van der Waals surface area contributed by atoms with Gasteiger partial charge in [0.15, 0.2) is 0 Å². The van der Waals surface area contributed by atoms with Crippen LogP contribution in [0, 0.1) is 0 Å². The van der Waals surface area contributed by atoms with E-state index < -0.39 is 0 Å². The summed E-state index contributed by atoms with van der Waals surface area (Å²) in [6.45, 7) is 2.40. The molecule has 1 aliphatic heterocycles. The molecule has 2 heterocycles. The first kappa shape index (κ1) is 12.4. The van der Waals surface area contributed by atoms with Crippen molar-refractivity contribution in [2.75, 3.05) is 32.1 Å². The number of anilines is 1. The molecule has 2 aromatic rings. The van der Waals surface area contributed by atoms with Crippen LogP contribution in [0.3, 0.4) is 0 Å². The second-order valence-corrected chi connectivity index (χ2v) is 5.53. The molecule has 100 valence electrons. The predicted molar refractivity (Wildman–Crippen MR) is 80.7 cm³/mol. The molecule has 0 N–H and O–H groups in total. The molecule has 1 saturated heterocycles. The first-order valence-corrected chi connectivity index (χ1v) is 7.00. The number of hydrogen-bond donors (Lipinski definition) is 0. The van der Waals surface area contributed by atoms with E-state index in [1.165, 1.54) is 37.0 Å². The standard InChI is InChI=1S/C16H21N3/c1-18-10-7-14(8-11-18)19(2)15-5-6-16-13(12-15)4-3-9-17-16/h3-6,9,12,14H,7-8,10-11H2,1-2H3. The fraction of sp³-hybridized carbons (Fsp3) is 0.438. The van der Waals surface area contributed by atoms with Gasteiger partial charge in [0.2, 0.25) is 0 Å². The molecule has 3 nitrogen and oxygen atoms in total. The third kappa shape index (κ3) is 2.56. The summed E-state index contributed by atoms with van der Waals surface area (Å²) < 4.78 is 0. The Morgan fingerprint density at radius 3 is 2.79 bits per heavy atom. The summed E-state index contributed by atoms with van der Waals surface area (Å²) in [5, 5.41) is 1.22. The van der Waals surface area contributed by atoms with Gasteiger partial charge in [-0.1, -0.05) is 6.07 Å². The average Bonchev–Trinajstić information content (AvgIpc) is 2.47. The minimum atomic E-state index is 0.658. The molecule has 19 heavy (non-hydrogen) atoms. The zero-order chi connectivity index (χ0) is 13.2. The monoisotopic (exact) mass is 255 g/mol. The van der Waals surface area contributed by atoms with Gasteiger partial charge >= 0.3 is 0 Å². The lowest BCUT2D eigenvalue weighted by atomic mass is 10.0. The van der Waals surface area contributed by atoms with Crippen LogP contribution in [0.2, 0.25) is 0 Å². The van der Waals surface area contributed by atoms with E-state index in [-0.39, 0.29) is 0 Å². The van der Waals surface area contributed by atoms with Crippen molar-refractivity contribution >= 4 is 16.6 Å². The predicted octanol–water partition coefficient (Wildman–Crippen LogP) is 2.77. The molecular weight excluding hydrogens is 234 g/mol. The highest BCUT2D eigenvalue weighted by atomic mass is 15.2. The van der Waals surface area contributed by atoms with Gasteiger partial charge in [-0.2, -0.15) is 0 Å². The Morgan fingerprint density at radius 1 is 1.21 bits per heavy atom. The first-order chi connectivity index (χ1) is 9.24. The topological polar surface area (TPSA) is 19.4 Å². The SMILES string of the molecule is CN1CCC(N(C)c2ccc3ncccc3c2)CC1. The van der Waals surface area contributed by atoms with Gasteiger partial charge < -0.3 is 9.80 Å².